The van der Waals surface area contributed by atoms with Crippen molar-refractivity contribution in [3.63, 3.8) is 0 Å². The molecule has 1 aromatic heterocycles. The highest BCUT2D eigenvalue weighted by atomic mass is 19.1. The molecule has 0 bridgehead atoms. The molecule has 1 fully saturated rings. The van der Waals surface area contributed by atoms with Gasteiger partial charge in [-0.2, -0.15) is 0 Å². The van der Waals surface area contributed by atoms with Gasteiger partial charge in [-0.3, -0.25) is 0 Å². The summed E-state index contributed by atoms with van der Waals surface area (Å²) in [5.41, 5.74) is 0.647. The minimum Gasteiger partial charge on any atom is -0.367 e. The summed E-state index contributed by atoms with van der Waals surface area (Å²) in [6, 6.07) is 1.68. The van der Waals surface area contributed by atoms with Crippen molar-refractivity contribution in [3.05, 3.63) is 23.6 Å². The van der Waals surface area contributed by atoms with Crippen molar-refractivity contribution in [2.75, 3.05) is 11.9 Å². The van der Waals surface area contributed by atoms with Crippen LogP contribution in [-0.4, -0.2) is 11.5 Å². The normalized spacial score (nSPS) is 15.8. The zero-order valence-electron chi connectivity index (χ0n) is 7.68. The van der Waals surface area contributed by atoms with E-state index in [2.05, 4.69) is 10.3 Å². The highest BCUT2D eigenvalue weighted by molar-refractivity contribution is 5.39. The van der Waals surface area contributed by atoms with Gasteiger partial charge in [-0.1, -0.05) is 0 Å². The molecule has 0 amide bonds. The van der Waals surface area contributed by atoms with E-state index in [1.165, 1.54) is 12.8 Å². The van der Waals surface area contributed by atoms with Crippen molar-refractivity contribution in [3.8, 4) is 0 Å². The molecule has 1 heterocycles. The van der Waals surface area contributed by atoms with Gasteiger partial charge < -0.3 is 5.32 Å². The first-order chi connectivity index (χ1) is 6.27. The molecule has 0 atom stereocenters. The van der Waals surface area contributed by atoms with E-state index in [-0.39, 0.29) is 5.82 Å². The molecule has 2 nitrogen and oxygen atoms in total. The number of hydrogen-bond donors (Lipinski definition) is 1. The molecule has 0 saturated heterocycles. The number of hydrogen-bond acceptors (Lipinski definition) is 2. The Hall–Kier alpha value is -1.12. The largest absolute Gasteiger partial charge is 0.367 e. The van der Waals surface area contributed by atoms with Crippen LogP contribution < -0.4 is 5.32 Å². The van der Waals surface area contributed by atoms with Crippen LogP contribution in [0.4, 0.5) is 10.2 Å². The molecule has 1 aromatic rings. The first-order valence-electron chi connectivity index (χ1n) is 4.62. The molecular formula is C10H13FN2. The second kappa shape index (κ2) is 3.32. The molecule has 0 radical (unpaired) electrons. The number of aromatic nitrogens is 1. The molecule has 1 N–H and O–H groups in total. The van der Waals surface area contributed by atoms with Crippen molar-refractivity contribution in [1.29, 1.82) is 0 Å². The fourth-order valence-corrected chi connectivity index (χ4v) is 1.23. The lowest BCUT2D eigenvalue weighted by molar-refractivity contribution is 0.614. The third kappa shape index (κ3) is 1.97. The fourth-order valence-electron chi connectivity index (χ4n) is 1.23. The minimum absolute atomic E-state index is 0.219. The van der Waals surface area contributed by atoms with Gasteiger partial charge in [-0.05, 0) is 37.3 Å². The lowest BCUT2D eigenvalue weighted by Gasteiger charge is -2.06. The maximum absolute atomic E-state index is 13.3. The average molecular weight is 180 g/mol. The molecule has 1 aliphatic carbocycles. The van der Waals surface area contributed by atoms with E-state index < -0.39 is 0 Å². The van der Waals surface area contributed by atoms with Crippen molar-refractivity contribution >= 4 is 5.82 Å². The topological polar surface area (TPSA) is 24.9 Å². The number of nitrogens with one attached hydrogen (secondary N) is 1. The van der Waals surface area contributed by atoms with Crippen LogP contribution in [0.25, 0.3) is 0 Å². The van der Waals surface area contributed by atoms with Crippen LogP contribution in [-0.2, 0) is 0 Å². The van der Waals surface area contributed by atoms with Crippen LogP contribution in [0.5, 0.6) is 0 Å². The first-order valence-corrected chi connectivity index (χ1v) is 4.62. The molecule has 0 aliphatic heterocycles. The number of nitrogens with zero attached hydrogens (tertiary/aromatic N) is 1. The van der Waals surface area contributed by atoms with Gasteiger partial charge in [0.25, 0.3) is 0 Å². The van der Waals surface area contributed by atoms with Crippen molar-refractivity contribution in [2.45, 2.75) is 19.8 Å². The third-order valence-corrected chi connectivity index (χ3v) is 2.34. The molecule has 0 aromatic carbocycles. The predicted octanol–water partition coefficient (Wildman–Crippen LogP) is 2.35. The third-order valence-electron chi connectivity index (χ3n) is 2.34. The number of halogens is 1. The Bertz CT molecular complexity index is 308. The van der Waals surface area contributed by atoms with E-state index in [9.17, 15) is 4.39 Å². The van der Waals surface area contributed by atoms with Crippen LogP contribution >= 0.6 is 0 Å². The second-order valence-electron chi connectivity index (χ2n) is 3.61. The summed E-state index contributed by atoms with van der Waals surface area (Å²) in [5.74, 6) is 0.914. The molecular weight excluding hydrogens is 167 g/mol. The molecule has 1 saturated carbocycles. The zero-order chi connectivity index (χ0) is 9.26. The summed E-state index contributed by atoms with van der Waals surface area (Å²) in [4.78, 5) is 3.95. The smallest absolute Gasteiger partial charge is 0.168 e. The standard InChI is InChI=1S/C10H13FN2/c1-7-4-5-12-10(9(7)11)13-6-8-2-3-8/h4-5,8H,2-3,6H2,1H3,(H,12,13). The fraction of sp³-hybridized carbons (Fsp3) is 0.500. The van der Waals surface area contributed by atoms with E-state index >= 15 is 0 Å². The van der Waals surface area contributed by atoms with Gasteiger partial charge in [-0.15, -0.1) is 0 Å². The Morgan fingerprint density at radius 3 is 3.08 bits per heavy atom. The molecule has 0 spiro atoms. The molecule has 3 heteroatoms. The lowest BCUT2D eigenvalue weighted by Crippen LogP contribution is -2.07. The minimum atomic E-state index is -0.219. The van der Waals surface area contributed by atoms with Crippen LogP contribution in [0.15, 0.2) is 12.3 Å². The van der Waals surface area contributed by atoms with E-state index in [1.54, 1.807) is 19.2 Å². The Labute approximate surface area is 77.2 Å². The Morgan fingerprint density at radius 2 is 2.38 bits per heavy atom. The van der Waals surface area contributed by atoms with Crippen molar-refractivity contribution in [2.24, 2.45) is 5.92 Å². The highest BCUT2D eigenvalue weighted by Gasteiger charge is 2.21. The van der Waals surface area contributed by atoms with Gasteiger partial charge in [0.05, 0.1) is 0 Å². The van der Waals surface area contributed by atoms with E-state index in [0.717, 1.165) is 12.5 Å². The Kier molecular flexibility index (Phi) is 2.17. The summed E-state index contributed by atoms with van der Waals surface area (Å²) < 4.78 is 13.3. The van der Waals surface area contributed by atoms with E-state index in [1.807, 2.05) is 0 Å². The number of rotatable bonds is 3. The summed E-state index contributed by atoms with van der Waals surface area (Å²) in [6.07, 6.45) is 4.16. The lowest BCUT2D eigenvalue weighted by atomic mass is 10.3. The molecule has 0 unspecified atom stereocenters. The van der Waals surface area contributed by atoms with Gasteiger partial charge >= 0.3 is 0 Å². The van der Waals surface area contributed by atoms with E-state index in [4.69, 9.17) is 0 Å². The van der Waals surface area contributed by atoms with Crippen molar-refractivity contribution < 1.29 is 4.39 Å². The number of pyridine rings is 1. The monoisotopic (exact) mass is 180 g/mol. The average Bonchev–Trinajstić information content (AvgIpc) is 2.91. The van der Waals surface area contributed by atoms with Gasteiger partial charge in [0.15, 0.2) is 11.6 Å². The Balaban J connectivity index is 2.05. The van der Waals surface area contributed by atoms with Gasteiger partial charge in [0.1, 0.15) is 0 Å². The molecule has 2 rings (SSSR count). The number of aryl methyl sites for hydroxylation is 1. The van der Waals surface area contributed by atoms with Crippen LogP contribution in [0.3, 0.4) is 0 Å². The maximum Gasteiger partial charge on any atom is 0.168 e. The highest BCUT2D eigenvalue weighted by Crippen LogP contribution is 2.29. The summed E-state index contributed by atoms with van der Waals surface area (Å²) in [6.45, 7) is 2.60. The van der Waals surface area contributed by atoms with Crippen LogP contribution in [0.1, 0.15) is 18.4 Å². The first kappa shape index (κ1) is 8.48. The summed E-state index contributed by atoms with van der Waals surface area (Å²) in [5, 5.41) is 3.03. The molecule has 70 valence electrons. The van der Waals surface area contributed by atoms with Crippen LogP contribution in [0, 0.1) is 18.7 Å². The maximum atomic E-state index is 13.3. The molecule has 1 aliphatic rings. The van der Waals surface area contributed by atoms with Crippen LogP contribution in [0.2, 0.25) is 0 Å². The summed E-state index contributed by atoms with van der Waals surface area (Å²) in [7, 11) is 0. The van der Waals surface area contributed by atoms with Gasteiger partial charge in [0, 0.05) is 12.7 Å². The van der Waals surface area contributed by atoms with Gasteiger partial charge in [-0.25, -0.2) is 9.37 Å². The van der Waals surface area contributed by atoms with E-state index in [0.29, 0.717) is 11.4 Å². The van der Waals surface area contributed by atoms with Gasteiger partial charge in [0.2, 0.25) is 0 Å². The zero-order valence-corrected chi connectivity index (χ0v) is 7.68. The summed E-state index contributed by atoms with van der Waals surface area (Å²) >= 11 is 0. The molecule has 13 heavy (non-hydrogen) atoms. The quantitative estimate of drug-likeness (QED) is 0.772. The number of anilines is 1. The second-order valence-corrected chi connectivity index (χ2v) is 3.61. The SMILES string of the molecule is Cc1ccnc(NCC2CC2)c1F. The Morgan fingerprint density at radius 1 is 1.62 bits per heavy atom. The van der Waals surface area contributed by atoms with Crippen molar-refractivity contribution in [1.82, 2.24) is 4.98 Å². The predicted molar refractivity (Wildman–Crippen MR) is 50.1 cm³/mol.